The van der Waals surface area contributed by atoms with Crippen LogP contribution < -0.4 is 5.32 Å². The normalized spacial score (nSPS) is 25.8. The highest BCUT2D eigenvalue weighted by Gasteiger charge is 2.18. The number of hydrogen-bond acceptors (Lipinski definition) is 2. The molecule has 1 fully saturated rings. The van der Waals surface area contributed by atoms with Crippen LogP contribution in [-0.2, 0) is 6.54 Å². The van der Waals surface area contributed by atoms with Crippen LogP contribution in [-0.4, -0.2) is 30.6 Å². The molecule has 0 bridgehead atoms. The third-order valence-corrected chi connectivity index (χ3v) is 3.96. The third kappa shape index (κ3) is 4.29. The lowest BCUT2D eigenvalue weighted by Gasteiger charge is -2.32. The van der Waals surface area contributed by atoms with E-state index in [0.29, 0.717) is 12.0 Å². The van der Waals surface area contributed by atoms with Gasteiger partial charge in [-0.15, -0.1) is 0 Å². The van der Waals surface area contributed by atoms with Crippen molar-refractivity contribution in [2.45, 2.75) is 39.3 Å². The first-order chi connectivity index (χ1) is 9.19. The van der Waals surface area contributed by atoms with Crippen molar-refractivity contribution in [2.24, 2.45) is 5.92 Å². The summed E-state index contributed by atoms with van der Waals surface area (Å²) in [5.41, 5.74) is 0.816. The van der Waals surface area contributed by atoms with Gasteiger partial charge in [0.25, 0.3) is 0 Å². The predicted octanol–water partition coefficient (Wildman–Crippen LogP) is 3.04. The second kappa shape index (κ2) is 7.01. The molecule has 0 aliphatic carbocycles. The molecule has 0 spiro atoms. The molecule has 2 rings (SSSR count). The molecule has 1 aliphatic heterocycles. The quantitative estimate of drug-likeness (QED) is 0.902. The van der Waals surface area contributed by atoms with Crippen molar-refractivity contribution in [3.8, 4) is 0 Å². The lowest BCUT2D eigenvalue weighted by Crippen LogP contribution is -2.43. The minimum atomic E-state index is -0.0811. The van der Waals surface area contributed by atoms with E-state index < -0.39 is 0 Å². The molecule has 0 radical (unpaired) electrons. The van der Waals surface area contributed by atoms with Crippen LogP contribution in [0, 0.1) is 11.7 Å². The van der Waals surface area contributed by atoms with Crippen molar-refractivity contribution in [3.05, 3.63) is 35.6 Å². The number of rotatable bonds is 3. The molecular formula is C16H25FN2. The highest BCUT2D eigenvalue weighted by Crippen LogP contribution is 2.14. The number of halogens is 1. The van der Waals surface area contributed by atoms with Crippen LogP contribution in [0.5, 0.6) is 0 Å². The van der Waals surface area contributed by atoms with Crippen molar-refractivity contribution < 1.29 is 4.39 Å². The fraction of sp³-hybridized carbons (Fsp3) is 0.625. The highest BCUT2D eigenvalue weighted by atomic mass is 19.1. The summed E-state index contributed by atoms with van der Waals surface area (Å²) in [4.78, 5) is 2.40. The Morgan fingerprint density at radius 1 is 1.37 bits per heavy atom. The molecule has 3 heteroatoms. The molecule has 1 heterocycles. The monoisotopic (exact) mass is 264 g/mol. The van der Waals surface area contributed by atoms with Gasteiger partial charge < -0.3 is 5.32 Å². The van der Waals surface area contributed by atoms with Gasteiger partial charge in [0.2, 0.25) is 0 Å². The minimum Gasteiger partial charge on any atom is -0.314 e. The van der Waals surface area contributed by atoms with Crippen molar-refractivity contribution in [2.75, 3.05) is 19.6 Å². The standard InChI is InChI=1S/C16H25FN2/c1-3-15-8-9-19(11-13(2)10-18-15)12-14-6-4-5-7-16(14)17/h4-7,13,15,18H,3,8-12H2,1-2H3. The fourth-order valence-corrected chi connectivity index (χ4v) is 2.76. The van der Waals surface area contributed by atoms with E-state index in [2.05, 4.69) is 24.1 Å². The van der Waals surface area contributed by atoms with Crippen molar-refractivity contribution >= 4 is 0 Å². The van der Waals surface area contributed by atoms with E-state index in [1.807, 2.05) is 12.1 Å². The summed E-state index contributed by atoms with van der Waals surface area (Å²) in [6.45, 7) is 8.37. The average molecular weight is 264 g/mol. The Labute approximate surface area is 116 Å². The zero-order valence-electron chi connectivity index (χ0n) is 12.0. The number of nitrogens with one attached hydrogen (secondary N) is 1. The first-order valence-corrected chi connectivity index (χ1v) is 7.38. The Morgan fingerprint density at radius 2 is 2.16 bits per heavy atom. The third-order valence-electron chi connectivity index (χ3n) is 3.96. The summed E-state index contributed by atoms with van der Waals surface area (Å²) in [6.07, 6.45) is 2.32. The van der Waals surface area contributed by atoms with Crippen LogP contribution in [0.4, 0.5) is 4.39 Å². The summed E-state index contributed by atoms with van der Waals surface area (Å²) < 4.78 is 13.7. The maximum Gasteiger partial charge on any atom is 0.127 e. The molecular weight excluding hydrogens is 239 g/mol. The molecule has 1 aliphatic rings. The minimum absolute atomic E-state index is 0.0811. The lowest BCUT2D eigenvalue weighted by atomic mass is 10.0. The molecule has 1 saturated heterocycles. The van der Waals surface area contributed by atoms with Crippen molar-refractivity contribution in [1.82, 2.24) is 10.2 Å². The van der Waals surface area contributed by atoms with Gasteiger partial charge >= 0.3 is 0 Å². The Morgan fingerprint density at radius 3 is 2.89 bits per heavy atom. The second-order valence-corrected chi connectivity index (χ2v) is 5.73. The highest BCUT2D eigenvalue weighted by molar-refractivity contribution is 5.17. The molecule has 0 saturated carbocycles. The summed E-state index contributed by atoms with van der Waals surface area (Å²) in [7, 11) is 0. The van der Waals surface area contributed by atoms with Crippen molar-refractivity contribution in [3.63, 3.8) is 0 Å². The first-order valence-electron chi connectivity index (χ1n) is 7.38. The number of nitrogens with zero attached hydrogens (tertiary/aromatic N) is 1. The largest absolute Gasteiger partial charge is 0.314 e. The summed E-state index contributed by atoms with van der Waals surface area (Å²) in [5, 5.41) is 3.62. The van der Waals surface area contributed by atoms with Gasteiger partial charge in [0.1, 0.15) is 5.82 Å². The summed E-state index contributed by atoms with van der Waals surface area (Å²) in [5.74, 6) is 0.531. The van der Waals surface area contributed by atoms with E-state index in [-0.39, 0.29) is 5.82 Å². The van der Waals surface area contributed by atoms with E-state index >= 15 is 0 Å². The van der Waals surface area contributed by atoms with Gasteiger partial charge in [0.15, 0.2) is 0 Å². The molecule has 2 atom stereocenters. The molecule has 106 valence electrons. The van der Waals surface area contributed by atoms with E-state index in [1.165, 1.54) is 6.42 Å². The number of hydrogen-bond donors (Lipinski definition) is 1. The van der Waals surface area contributed by atoms with Gasteiger partial charge in [-0.2, -0.15) is 0 Å². The molecule has 1 N–H and O–H groups in total. The smallest absolute Gasteiger partial charge is 0.127 e. The summed E-state index contributed by atoms with van der Waals surface area (Å²) in [6, 6.07) is 7.73. The molecule has 1 aromatic rings. The zero-order valence-corrected chi connectivity index (χ0v) is 12.0. The van der Waals surface area contributed by atoms with Gasteiger partial charge in [0.05, 0.1) is 0 Å². The van der Waals surface area contributed by atoms with E-state index in [4.69, 9.17) is 0 Å². The zero-order chi connectivity index (χ0) is 13.7. The molecule has 2 unspecified atom stereocenters. The predicted molar refractivity (Wildman–Crippen MR) is 77.5 cm³/mol. The van der Waals surface area contributed by atoms with Gasteiger partial charge in [-0.25, -0.2) is 4.39 Å². The molecule has 2 nitrogen and oxygen atoms in total. The maximum atomic E-state index is 13.7. The van der Waals surface area contributed by atoms with Crippen LogP contribution >= 0.6 is 0 Å². The summed E-state index contributed by atoms with van der Waals surface area (Å²) >= 11 is 0. The Kier molecular flexibility index (Phi) is 5.34. The lowest BCUT2D eigenvalue weighted by molar-refractivity contribution is 0.188. The molecule has 19 heavy (non-hydrogen) atoms. The van der Waals surface area contributed by atoms with Crippen LogP contribution in [0.15, 0.2) is 24.3 Å². The van der Waals surface area contributed by atoms with Crippen LogP contribution in [0.2, 0.25) is 0 Å². The van der Waals surface area contributed by atoms with Crippen LogP contribution in [0.25, 0.3) is 0 Å². The fourth-order valence-electron chi connectivity index (χ4n) is 2.76. The molecule has 1 aromatic carbocycles. The average Bonchev–Trinajstić information content (AvgIpc) is 2.39. The van der Waals surface area contributed by atoms with E-state index in [0.717, 1.165) is 38.2 Å². The number of benzene rings is 1. The second-order valence-electron chi connectivity index (χ2n) is 5.73. The molecule has 0 amide bonds. The Balaban J connectivity index is 1.99. The van der Waals surface area contributed by atoms with Gasteiger partial charge in [-0.05, 0) is 37.9 Å². The van der Waals surface area contributed by atoms with Crippen molar-refractivity contribution in [1.29, 1.82) is 0 Å². The van der Waals surface area contributed by atoms with E-state index in [9.17, 15) is 4.39 Å². The Bertz CT molecular complexity index is 394. The first kappa shape index (κ1) is 14.5. The van der Waals surface area contributed by atoms with Gasteiger partial charge in [0, 0.05) is 24.7 Å². The SMILES string of the molecule is CCC1CCN(Cc2ccccc2F)CC(C)CN1. The topological polar surface area (TPSA) is 15.3 Å². The van der Waals surface area contributed by atoms with Crippen LogP contribution in [0.3, 0.4) is 0 Å². The van der Waals surface area contributed by atoms with Gasteiger partial charge in [-0.3, -0.25) is 4.90 Å². The molecule has 0 aromatic heterocycles. The Hall–Kier alpha value is -0.930. The maximum absolute atomic E-state index is 13.7. The van der Waals surface area contributed by atoms with E-state index in [1.54, 1.807) is 12.1 Å². The van der Waals surface area contributed by atoms with Crippen LogP contribution in [0.1, 0.15) is 32.3 Å². The van der Waals surface area contributed by atoms with Gasteiger partial charge in [-0.1, -0.05) is 32.0 Å².